The number of hydrazone groups is 1. The highest BCUT2D eigenvalue weighted by molar-refractivity contribution is 7.13. The van der Waals surface area contributed by atoms with E-state index in [1.165, 1.54) is 23.5 Å². The molecule has 1 N–H and O–H groups in total. The lowest BCUT2D eigenvalue weighted by molar-refractivity contribution is 0.289. The zero-order valence-corrected chi connectivity index (χ0v) is 13.8. The maximum Gasteiger partial charge on any atom is 0.203 e. The Morgan fingerprint density at radius 1 is 1.45 bits per heavy atom. The summed E-state index contributed by atoms with van der Waals surface area (Å²) in [6, 6.07) is 4.42. The van der Waals surface area contributed by atoms with Gasteiger partial charge in [-0.15, -0.1) is 11.3 Å². The van der Waals surface area contributed by atoms with Crippen molar-refractivity contribution in [1.82, 2.24) is 4.98 Å². The van der Waals surface area contributed by atoms with Crippen molar-refractivity contribution in [3.8, 4) is 5.75 Å². The highest BCUT2D eigenvalue weighted by Crippen LogP contribution is 2.19. The Hall–Kier alpha value is -1.95. The van der Waals surface area contributed by atoms with Crippen LogP contribution in [0.1, 0.15) is 31.5 Å². The quantitative estimate of drug-likeness (QED) is 0.605. The fourth-order valence-corrected chi connectivity index (χ4v) is 2.36. The molecule has 0 saturated carbocycles. The normalized spacial score (nSPS) is 11.3. The summed E-state index contributed by atoms with van der Waals surface area (Å²) in [6.07, 6.45) is 2.50. The van der Waals surface area contributed by atoms with Gasteiger partial charge in [0.05, 0.1) is 18.5 Å². The summed E-state index contributed by atoms with van der Waals surface area (Å²) in [7, 11) is 0. The molecule has 0 saturated heterocycles. The molecule has 1 aromatic heterocycles. The molecule has 0 spiro atoms. The minimum Gasteiger partial charge on any atom is -0.493 e. The van der Waals surface area contributed by atoms with Gasteiger partial charge in [0.1, 0.15) is 11.6 Å². The van der Waals surface area contributed by atoms with Gasteiger partial charge in [-0.2, -0.15) is 5.10 Å². The summed E-state index contributed by atoms with van der Waals surface area (Å²) in [6.45, 7) is 6.79. The van der Waals surface area contributed by atoms with Crippen molar-refractivity contribution in [3.05, 3.63) is 40.7 Å². The Morgan fingerprint density at radius 2 is 2.27 bits per heavy atom. The molecule has 6 heteroatoms. The van der Waals surface area contributed by atoms with Gasteiger partial charge >= 0.3 is 0 Å². The van der Waals surface area contributed by atoms with E-state index in [-0.39, 0.29) is 5.82 Å². The smallest absolute Gasteiger partial charge is 0.203 e. The molecular formula is C16H20FN3OS. The number of ether oxygens (including phenoxy) is 1. The first-order valence-corrected chi connectivity index (χ1v) is 8.06. The summed E-state index contributed by atoms with van der Waals surface area (Å²) in [4.78, 5) is 4.24. The molecule has 0 aliphatic heterocycles. The standard InChI is InChI=1S/C16H20FN3OS/c1-11(2)6-7-21-15-5-4-14(17)8-13(15)9-18-20-16-19-12(3)10-22-16/h4-5,8-11H,6-7H2,1-3H3,(H,19,20). The summed E-state index contributed by atoms with van der Waals surface area (Å²) in [5.41, 5.74) is 4.37. The lowest BCUT2D eigenvalue weighted by Crippen LogP contribution is -2.04. The molecule has 0 bridgehead atoms. The summed E-state index contributed by atoms with van der Waals surface area (Å²) in [5.74, 6) is 0.873. The molecule has 0 fully saturated rings. The highest BCUT2D eigenvalue weighted by atomic mass is 32.1. The number of anilines is 1. The third kappa shape index (κ3) is 5.11. The van der Waals surface area contributed by atoms with Gasteiger partial charge in [0.15, 0.2) is 0 Å². The molecule has 0 radical (unpaired) electrons. The molecule has 0 unspecified atom stereocenters. The van der Waals surface area contributed by atoms with Crippen LogP contribution < -0.4 is 10.2 Å². The average Bonchev–Trinajstić information content (AvgIpc) is 2.86. The summed E-state index contributed by atoms with van der Waals surface area (Å²) in [5, 5.41) is 6.73. The van der Waals surface area contributed by atoms with E-state index in [1.54, 1.807) is 12.3 Å². The lowest BCUT2D eigenvalue weighted by atomic mass is 10.1. The van der Waals surface area contributed by atoms with Gasteiger partial charge in [-0.1, -0.05) is 13.8 Å². The molecule has 4 nitrogen and oxygen atoms in total. The topological polar surface area (TPSA) is 46.5 Å². The number of hydrogen-bond acceptors (Lipinski definition) is 5. The first kappa shape index (κ1) is 16.4. The highest BCUT2D eigenvalue weighted by Gasteiger charge is 2.05. The third-order valence-corrected chi connectivity index (χ3v) is 3.77. The maximum absolute atomic E-state index is 13.4. The predicted molar refractivity (Wildman–Crippen MR) is 89.4 cm³/mol. The molecule has 22 heavy (non-hydrogen) atoms. The largest absolute Gasteiger partial charge is 0.493 e. The van der Waals surface area contributed by atoms with Gasteiger partial charge in [0, 0.05) is 10.9 Å². The minimum absolute atomic E-state index is 0.317. The van der Waals surface area contributed by atoms with Crippen molar-refractivity contribution in [2.75, 3.05) is 12.0 Å². The SMILES string of the molecule is Cc1csc(NN=Cc2cc(F)ccc2OCCC(C)C)n1. The number of benzene rings is 1. The zero-order chi connectivity index (χ0) is 15.9. The maximum atomic E-state index is 13.4. The van der Waals surface area contributed by atoms with E-state index in [2.05, 4.69) is 29.4 Å². The van der Waals surface area contributed by atoms with Gasteiger partial charge < -0.3 is 4.74 Å². The number of aryl methyl sites for hydroxylation is 1. The van der Waals surface area contributed by atoms with Crippen LogP contribution in [-0.2, 0) is 0 Å². The summed E-state index contributed by atoms with van der Waals surface area (Å²) < 4.78 is 19.1. The van der Waals surface area contributed by atoms with Crippen LogP contribution in [-0.4, -0.2) is 17.8 Å². The number of hydrogen-bond donors (Lipinski definition) is 1. The monoisotopic (exact) mass is 321 g/mol. The van der Waals surface area contributed by atoms with E-state index in [0.717, 1.165) is 12.1 Å². The predicted octanol–water partition coefficient (Wildman–Crippen LogP) is 4.46. The van der Waals surface area contributed by atoms with E-state index < -0.39 is 0 Å². The Morgan fingerprint density at radius 3 is 2.95 bits per heavy atom. The molecule has 2 aromatic rings. The molecule has 1 aromatic carbocycles. The molecule has 118 valence electrons. The van der Waals surface area contributed by atoms with E-state index in [9.17, 15) is 4.39 Å². The minimum atomic E-state index is -0.317. The fraction of sp³-hybridized carbons (Fsp3) is 0.375. The van der Waals surface area contributed by atoms with Crippen molar-refractivity contribution < 1.29 is 9.13 Å². The molecule has 0 atom stereocenters. The zero-order valence-electron chi connectivity index (χ0n) is 13.0. The molecular weight excluding hydrogens is 301 g/mol. The average molecular weight is 321 g/mol. The van der Waals surface area contributed by atoms with Crippen molar-refractivity contribution in [2.45, 2.75) is 27.2 Å². The first-order valence-electron chi connectivity index (χ1n) is 7.18. The third-order valence-electron chi connectivity index (χ3n) is 2.91. The Balaban J connectivity index is 2.02. The van der Waals surface area contributed by atoms with Gasteiger partial charge in [0.2, 0.25) is 5.13 Å². The number of thiazole rings is 1. The van der Waals surface area contributed by atoms with Crippen LogP contribution >= 0.6 is 11.3 Å². The van der Waals surface area contributed by atoms with Gasteiger partial charge in [-0.05, 0) is 37.5 Å². The second-order valence-electron chi connectivity index (χ2n) is 5.38. The Bertz CT molecular complexity index is 640. The number of rotatable bonds is 7. The van der Waals surface area contributed by atoms with Crippen LogP contribution in [0.2, 0.25) is 0 Å². The Kier molecular flexibility index (Phi) is 5.89. The fourth-order valence-electron chi connectivity index (χ4n) is 1.72. The summed E-state index contributed by atoms with van der Waals surface area (Å²) >= 11 is 1.47. The molecule has 0 aliphatic rings. The van der Waals surface area contributed by atoms with Crippen molar-refractivity contribution in [3.63, 3.8) is 0 Å². The van der Waals surface area contributed by atoms with Crippen LogP contribution in [0, 0.1) is 18.7 Å². The van der Waals surface area contributed by atoms with Crippen molar-refractivity contribution in [1.29, 1.82) is 0 Å². The second kappa shape index (κ2) is 7.89. The van der Waals surface area contributed by atoms with Crippen molar-refractivity contribution in [2.24, 2.45) is 11.0 Å². The molecule has 1 heterocycles. The van der Waals surface area contributed by atoms with Gasteiger partial charge in [-0.3, -0.25) is 5.43 Å². The lowest BCUT2D eigenvalue weighted by Gasteiger charge is -2.10. The molecule has 0 aliphatic carbocycles. The van der Waals surface area contributed by atoms with Gasteiger partial charge in [-0.25, -0.2) is 9.37 Å². The van der Waals surface area contributed by atoms with Crippen LogP contribution in [0.3, 0.4) is 0 Å². The van der Waals surface area contributed by atoms with Crippen molar-refractivity contribution >= 4 is 22.7 Å². The number of nitrogens with one attached hydrogen (secondary N) is 1. The van der Waals surface area contributed by atoms with Crippen LogP contribution in [0.25, 0.3) is 0 Å². The van der Waals surface area contributed by atoms with E-state index in [0.29, 0.717) is 29.0 Å². The number of aromatic nitrogens is 1. The van der Waals surface area contributed by atoms with E-state index in [1.807, 2.05) is 12.3 Å². The molecule has 2 rings (SSSR count). The van der Waals surface area contributed by atoms with E-state index in [4.69, 9.17) is 4.74 Å². The molecule has 0 amide bonds. The van der Waals surface area contributed by atoms with Gasteiger partial charge in [0.25, 0.3) is 0 Å². The van der Waals surface area contributed by atoms with Crippen LogP contribution in [0.4, 0.5) is 9.52 Å². The first-order chi connectivity index (χ1) is 10.5. The van der Waals surface area contributed by atoms with E-state index >= 15 is 0 Å². The number of halogens is 1. The second-order valence-corrected chi connectivity index (χ2v) is 6.24. The number of nitrogens with zero attached hydrogens (tertiary/aromatic N) is 2. The van der Waals surface area contributed by atoms with Crippen LogP contribution in [0.5, 0.6) is 5.75 Å². The van der Waals surface area contributed by atoms with Crippen LogP contribution in [0.15, 0.2) is 28.7 Å². The Labute approximate surface area is 134 Å².